The Balaban J connectivity index is 1.67. The summed E-state index contributed by atoms with van der Waals surface area (Å²) in [6.45, 7) is 3.55. The lowest BCUT2D eigenvalue weighted by Crippen LogP contribution is -2.21. The van der Waals surface area contributed by atoms with E-state index in [1.54, 1.807) is 19.1 Å². The maximum absolute atomic E-state index is 12.4. The van der Waals surface area contributed by atoms with Crippen molar-refractivity contribution >= 4 is 49.9 Å². The molecule has 0 saturated carbocycles. The van der Waals surface area contributed by atoms with E-state index in [4.69, 9.17) is 4.74 Å². The molecule has 0 aliphatic rings. The van der Waals surface area contributed by atoms with E-state index in [1.165, 1.54) is 0 Å². The minimum atomic E-state index is -0.276. The number of benzene rings is 3. The second-order valence-corrected chi connectivity index (χ2v) is 7.16. The molecule has 0 atom stereocenters. The summed E-state index contributed by atoms with van der Waals surface area (Å²) >= 11 is 3.55. The molecule has 6 heteroatoms. The predicted molar refractivity (Wildman–Crippen MR) is 116 cm³/mol. The number of hydrogen-bond donors (Lipinski definition) is 2. The highest BCUT2D eigenvalue weighted by atomic mass is 79.9. The number of carbonyl (C=O) groups is 2. The Hall–Kier alpha value is -2.86. The van der Waals surface area contributed by atoms with Crippen LogP contribution in [0.5, 0.6) is 5.75 Å². The van der Waals surface area contributed by atoms with Gasteiger partial charge in [0.1, 0.15) is 5.75 Å². The van der Waals surface area contributed by atoms with Crippen molar-refractivity contribution in [2.45, 2.75) is 20.3 Å². The van der Waals surface area contributed by atoms with Gasteiger partial charge in [-0.2, -0.15) is 0 Å². The second-order valence-electron chi connectivity index (χ2n) is 6.37. The molecule has 0 aromatic heterocycles. The molecule has 144 valence electrons. The summed E-state index contributed by atoms with van der Waals surface area (Å²) in [4.78, 5) is 23.9. The first kappa shape index (κ1) is 19.9. The second kappa shape index (κ2) is 8.89. The number of ether oxygens (including phenoxy) is 1. The molecule has 5 nitrogen and oxygen atoms in total. The molecule has 3 aromatic rings. The van der Waals surface area contributed by atoms with Crippen LogP contribution in [0.4, 0.5) is 11.4 Å². The fraction of sp³-hybridized carbons (Fsp3) is 0.182. The van der Waals surface area contributed by atoms with Gasteiger partial charge in [0.2, 0.25) is 5.91 Å². The summed E-state index contributed by atoms with van der Waals surface area (Å²) < 4.78 is 6.52. The number of carbonyl (C=O) groups excluding carboxylic acids is 2. The summed E-state index contributed by atoms with van der Waals surface area (Å²) in [5.41, 5.74) is 2.18. The van der Waals surface area contributed by atoms with E-state index in [-0.39, 0.29) is 18.4 Å². The van der Waals surface area contributed by atoms with Crippen molar-refractivity contribution < 1.29 is 14.3 Å². The van der Waals surface area contributed by atoms with E-state index in [0.717, 1.165) is 20.8 Å². The normalized spacial score (nSPS) is 10.5. The highest BCUT2D eigenvalue weighted by Crippen LogP contribution is 2.33. The maximum Gasteiger partial charge on any atom is 0.262 e. The number of halogens is 1. The van der Waals surface area contributed by atoms with Crippen LogP contribution in [0.25, 0.3) is 10.8 Å². The molecule has 0 aliphatic heterocycles. The minimum Gasteiger partial charge on any atom is -0.483 e. The summed E-state index contributed by atoms with van der Waals surface area (Å²) in [7, 11) is 0. The summed E-state index contributed by atoms with van der Waals surface area (Å²) in [6, 6.07) is 17.1. The Morgan fingerprint density at radius 3 is 2.57 bits per heavy atom. The van der Waals surface area contributed by atoms with E-state index < -0.39 is 0 Å². The maximum atomic E-state index is 12.4. The zero-order valence-electron chi connectivity index (χ0n) is 15.7. The first-order valence-corrected chi connectivity index (χ1v) is 9.77. The van der Waals surface area contributed by atoms with E-state index in [0.29, 0.717) is 23.5 Å². The van der Waals surface area contributed by atoms with Crippen molar-refractivity contribution in [3.05, 3.63) is 64.6 Å². The number of nitrogens with one attached hydrogen (secondary N) is 2. The standard InChI is InChI=1S/C22H21BrN2O3/c1-3-20(26)24-16-10-8-14(2)18(12-16)25-21(27)13-28-19-11-9-15-6-4-5-7-17(15)22(19)23/h4-12H,3,13H2,1-2H3,(H,24,26)(H,25,27). The third-order valence-electron chi connectivity index (χ3n) is 4.30. The largest absolute Gasteiger partial charge is 0.483 e. The lowest BCUT2D eigenvalue weighted by atomic mass is 10.1. The topological polar surface area (TPSA) is 67.4 Å². The number of hydrogen-bond acceptors (Lipinski definition) is 3. The van der Waals surface area contributed by atoms with Crippen molar-refractivity contribution in [3.8, 4) is 5.75 Å². The van der Waals surface area contributed by atoms with Crippen LogP contribution < -0.4 is 15.4 Å². The Morgan fingerprint density at radius 2 is 1.79 bits per heavy atom. The third kappa shape index (κ3) is 4.70. The molecule has 28 heavy (non-hydrogen) atoms. The zero-order chi connectivity index (χ0) is 20.1. The fourth-order valence-electron chi connectivity index (χ4n) is 2.74. The average molecular weight is 441 g/mol. The Morgan fingerprint density at radius 1 is 1.00 bits per heavy atom. The number of aryl methyl sites for hydroxylation is 1. The number of fused-ring (bicyclic) bond motifs is 1. The van der Waals surface area contributed by atoms with Crippen molar-refractivity contribution in [3.63, 3.8) is 0 Å². The molecule has 2 N–H and O–H groups in total. The van der Waals surface area contributed by atoms with Gasteiger partial charge in [-0.25, -0.2) is 0 Å². The van der Waals surface area contributed by atoms with Gasteiger partial charge in [0.15, 0.2) is 6.61 Å². The van der Waals surface area contributed by atoms with Crippen LogP contribution in [0.1, 0.15) is 18.9 Å². The van der Waals surface area contributed by atoms with Gasteiger partial charge in [0.05, 0.1) is 4.47 Å². The lowest BCUT2D eigenvalue weighted by molar-refractivity contribution is -0.118. The summed E-state index contributed by atoms with van der Waals surface area (Å²) in [6.07, 6.45) is 0.393. The SMILES string of the molecule is CCC(=O)Nc1ccc(C)c(NC(=O)COc2ccc3ccccc3c2Br)c1. The van der Waals surface area contributed by atoms with Crippen LogP contribution in [-0.2, 0) is 9.59 Å². The van der Waals surface area contributed by atoms with Gasteiger partial charge < -0.3 is 15.4 Å². The quantitative estimate of drug-likeness (QED) is 0.547. The Kier molecular flexibility index (Phi) is 6.31. The third-order valence-corrected chi connectivity index (χ3v) is 5.12. The summed E-state index contributed by atoms with van der Waals surface area (Å²) in [5.74, 6) is 0.252. The number of anilines is 2. The first-order valence-electron chi connectivity index (χ1n) is 8.98. The molecule has 3 rings (SSSR count). The molecule has 0 heterocycles. The van der Waals surface area contributed by atoms with Crippen LogP contribution in [0.3, 0.4) is 0 Å². The molecule has 0 spiro atoms. The molecule has 2 amide bonds. The van der Waals surface area contributed by atoms with Gasteiger partial charge in [0, 0.05) is 17.8 Å². The van der Waals surface area contributed by atoms with Crippen LogP contribution >= 0.6 is 15.9 Å². The molecule has 0 radical (unpaired) electrons. The first-order chi connectivity index (χ1) is 13.5. The fourth-order valence-corrected chi connectivity index (χ4v) is 3.35. The van der Waals surface area contributed by atoms with Crippen LogP contribution in [0.15, 0.2) is 59.1 Å². The Bertz CT molecular complexity index is 1030. The molecule has 3 aromatic carbocycles. The molecular weight excluding hydrogens is 420 g/mol. The van der Waals surface area contributed by atoms with Gasteiger partial charge in [-0.1, -0.05) is 43.3 Å². The monoisotopic (exact) mass is 440 g/mol. The number of amides is 2. The van der Waals surface area contributed by atoms with Crippen molar-refractivity contribution in [2.24, 2.45) is 0 Å². The van der Waals surface area contributed by atoms with Gasteiger partial charge in [0.25, 0.3) is 5.91 Å². The van der Waals surface area contributed by atoms with Gasteiger partial charge in [-0.15, -0.1) is 0 Å². The molecule has 0 unspecified atom stereocenters. The van der Waals surface area contributed by atoms with E-state index in [9.17, 15) is 9.59 Å². The van der Waals surface area contributed by atoms with Crippen molar-refractivity contribution in [1.82, 2.24) is 0 Å². The van der Waals surface area contributed by atoms with E-state index in [2.05, 4.69) is 26.6 Å². The average Bonchev–Trinajstić information content (AvgIpc) is 2.70. The molecular formula is C22H21BrN2O3. The van der Waals surface area contributed by atoms with Crippen LogP contribution in [-0.4, -0.2) is 18.4 Å². The van der Waals surface area contributed by atoms with Gasteiger partial charge in [-0.3, -0.25) is 9.59 Å². The number of rotatable bonds is 6. The molecule has 0 fully saturated rings. The molecule has 0 aliphatic carbocycles. The highest BCUT2D eigenvalue weighted by molar-refractivity contribution is 9.10. The van der Waals surface area contributed by atoms with Crippen molar-refractivity contribution in [1.29, 1.82) is 0 Å². The highest BCUT2D eigenvalue weighted by Gasteiger charge is 2.11. The van der Waals surface area contributed by atoms with Crippen LogP contribution in [0.2, 0.25) is 0 Å². The lowest BCUT2D eigenvalue weighted by Gasteiger charge is -2.13. The minimum absolute atomic E-state index is 0.0781. The molecule has 0 bridgehead atoms. The smallest absolute Gasteiger partial charge is 0.262 e. The summed E-state index contributed by atoms with van der Waals surface area (Å²) in [5, 5.41) is 7.74. The Labute approximate surface area is 172 Å². The van der Waals surface area contributed by atoms with E-state index >= 15 is 0 Å². The van der Waals surface area contributed by atoms with Crippen LogP contribution in [0, 0.1) is 6.92 Å². The van der Waals surface area contributed by atoms with E-state index in [1.807, 2.05) is 49.4 Å². The molecule has 0 saturated heterocycles. The van der Waals surface area contributed by atoms with Crippen molar-refractivity contribution in [2.75, 3.05) is 17.2 Å². The van der Waals surface area contributed by atoms with Gasteiger partial charge in [-0.05, 0) is 57.4 Å². The predicted octanol–water partition coefficient (Wildman–Crippen LogP) is 5.28. The van der Waals surface area contributed by atoms with Gasteiger partial charge >= 0.3 is 0 Å². The zero-order valence-corrected chi connectivity index (χ0v) is 17.3.